The van der Waals surface area contributed by atoms with Crippen molar-refractivity contribution in [2.45, 2.75) is 24.6 Å². The molecule has 3 nitrogen and oxygen atoms in total. The third-order valence-electron chi connectivity index (χ3n) is 1.18. The maximum atomic E-state index is 12.4. The van der Waals surface area contributed by atoms with Crippen molar-refractivity contribution in [3.63, 3.8) is 0 Å². The van der Waals surface area contributed by atoms with Crippen molar-refractivity contribution in [2.75, 3.05) is 0 Å². The fourth-order valence-corrected chi connectivity index (χ4v) is 0.855. The van der Waals surface area contributed by atoms with E-state index in [2.05, 4.69) is 30.6 Å². The van der Waals surface area contributed by atoms with Gasteiger partial charge in [0.1, 0.15) is 0 Å². The van der Waals surface area contributed by atoms with Gasteiger partial charge >= 0.3 is 10.7 Å². The highest BCUT2D eigenvalue weighted by Crippen LogP contribution is 2.32. The molecule has 0 amide bonds. The Morgan fingerprint density at radius 2 is 2.25 bits per heavy atom. The molecule has 1 rings (SSSR count). The summed E-state index contributed by atoms with van der Waals surface area (Å²) >= 11 is 2.12. The van der Waals surface area contributed by atoms with Gasteiger partial charge in [-0.15, -0.1) is 0 Å². The van der Waals surface area contributed by atoms with E-state index in [1.807, 2.05) is 6.92 Å². The van der Waals surface area contributed by atoms with Crippen LogP contribution in [0.4, 0.5) is 8.78 Å². The van der Waals surface area contributed by atoms with Crippen molar-refractivity contribution in [1.82, 2.24) is 10.1 Å². The van der Waals surface area contributed by atoms with Crippen molar-refractivity contribution < 1.29 is 13.3 Å². The van der Waals surface area contributed by atoms with E-state index in [1.54, 1.807) is 0 Å². The summed E-state index contributed by atoms with van der Waals surface area (Å²) < 4.78 is 29.2. The van der Waals surface area contributed by atoms with Gasteiger partial charge < -0.3 is 4.52 Å². The summed E-state index contributed by atoms with van der Waals surface area (Å²) in [6.07, 6.45) is 1.35. The summed E-state index contributed by atoms with van der Waals surface area (Å²) in [4.78, 5) is 0.280. The number of aromatic nitrogens is 2. The highest BCUT2D eigenvalue weighted by Gasteiger charge is 2.34. The van der Waals surface area contributed by atoms with Crippen molar-refractivity contribution in [3.8, 4) is 0 Å². The van der Waals surface area contributed by atoms with Gasteiger partial charge in [-0.1, -0.05) is 12.1 Å². The Morgan fingerprint density at radius 3 is 2.67 bits per heavy atom. The van der Waals surface area contributed by atoms with E-state index >= 15 is 0 Å². The first-order valence-electron chi connectivity index (χ1n) is 3.44. The normalized spacial score (nSPS) is 12.0. The van der Waals surface area contributed by atoms with Gasteiger partial charge in [0.2, 0.25) is 0 Å². The molecule has 68 valence electrons. The van der Waals surface area contributed by atoms with Crippen LogP contribution in [0.5, 0.6) is 0 Å². The predicted molar refractivity (Wildman–Crippen MR) is 41.1 cm³/mol. The van der Waals surface area contributed by atoms with E-state index in [1.165, 1.54) is 0 Å². The Kier molecular flexibility index (Phi) is 2.76. The van der Waals surface area contributed by atoms with Gasteiger partial charge in [0, 0.05) is 22.4 Å². The van der Waals surface area contributed by atoms with Crippen molar-refractivity contribution >= 4 is 15.9 Å². The van der Waals surface area contributed by atoms with Crippen LogP contribution in [0.15, 0.2) is 4.52 Å². The Hall–Kier alpha value is -0.520. The van der Waals surface area contributed by atoms with Crippen LogP contribution in [0.3, 0.4) is 0 Å². The molecular formula is C6H7BrF2N2O. The first-order valence-corrected chi connectivity index (χ1v) is 4.23. The molecule has 0 bridgehead atoms. The summed E-state index contributed by atoms with van der Waals surface area (Å²) in [6.45, 7) is 1.91. The summed E-state index contributed by atoms with van der Waals surface area (Å²) in [5.74, 6) is -0.377. The summed E-state index contributed by atoms with van der Waals surface area (Å²) in [6, 6.07) is 0. The quantitative estimate of drug-likeness (QED) is 0.763. The van der Waals surface area contributed by atoms with E-state index in [-0.39, 0.29) is 0 Å². The molecule has 0 N–H and O–H groups in total. The summed E-state index contributed by atoms with van der Waals surface area (Å²) in [7, 11) is 0. The molecule has 0 radical (unpaired) electrons. The Labute approximate surface area is 76.3 Å². The first-order chi connectivity index (χ1) is 5.54. The van der Waals surface area contributed by atoms with Gasteiger partial charge in [0.05, 0.1) is 0 Å². The van der Waals surface area contributed by atoms with E-state index in [0.717, 1.165) is 6.42 Å². The molecule has 6 heteroatoms. The van der Waals surface area contributed by atoms with Crippen LogP contribution < -0.4 is 0 Å². The van der Waals surface area contributed by atoms with Crippen molar-refractivity contribution in [3.05, 3.63) is 11.7 Å². The van der Waals surface area contributed by atoms with Crippen LogP contribution in [0.2, 0.25) is 0 Å². The van der Waals surface area contributed by atoms with Crippen molar-refractivity contribution in [2.24, 2.45) is 0 Å². The Balaban J connectivity index is 2.77. The molecule has 0 aliphatic rings. The third kappa shape index (κ3) is 2.23. The van der Waals surface area contributed by atoms with Crippen molar-refractivity contribution in [1.29, 1.82) is 0 Å². The highest BCUT2D eigenvalue weighted by atomic mass is 79.9. The van der Waals surface area contributed by atoms with Gasteiger partial charge in [0.15, 0.2) is 5.82 Å². The van der Waals surface area contributed by atoms with E-state index < -0.39 is 10.7 Å². The van der Waals surface area contributed by atoms with Gasteiger partial charge in [-0.05, 0) is 6.42 Å². The largest absolute Gasteiger partial charge is 0.378 e. The lowest BCUT2D eigenvalue weighted by atomic mass is 10.3. The van der Waals surface area contributed by atoms with Crippen LogP contribution in [0.1, 0.15) is 25.1 Å². The maximum absolute atomic E-state index is 12.4. The number of halogens is 3. The number of aryl methyl sites for hydroxylation is 1. The van der Waals surface area contributed by atoms with E-state index in [0.29, 0.717) is 12.2 Å². The lowest BCUT2D eigenvalue weighted by Gasteiger charge is -1.98. The molecule has 12 heavy (non-hydrogen) atoms. The molecule has 0 spiro atoms. The highest BCUT2D eigenvalue weighted by molar-refractivity contribution is 9.09. The average molecular weight is 241 g/mol. The molecule has 1 aromatic rings. The van der Waals surface area contributed by atoms with Crippen LogP contribution in [0, 0.1) is 0 Å². The molecular weight excluding hydrogens is 234 g/mol. The number of hydrogen-bond acceptors (Lipinski definition) is 3. The SMILES string of the molecule is CCCc1noc(C(F)(F)Br)n1. The summed E-state index contributed by atoms with van der Waals surface area (Å²) in [5.41, 5.74) is 0. The zero-order chi connectivity index (χ0) is 9.19. The standard InChI is InChI=1S/C6H7BrF2N2O/c1-2-3-4-10-5(12-11-4)6(7,8)9/h2-3H2,1H3. The average Bonchev–Trinajstić information content (AvgIpc) is 2.35. The minimum Gasteiger partial charge on any atom is -0.332 e. The van der Waals surface area contributed by atoms with Crippen LogP contribution in [-0.4, -0.2) is 10.1 Å². The topological polar surface area (TPSA) is 38.9 Å². The van der Waals surface area contributed by atoms with Gasteiger partial charge in [-0.3, -0.25) is 0 Å². The zero-order valence-electron chi connectivity index (χ0n) is 6.35. The second-order valence-corrected chi connectivity index (χ2v) is 3.26. The van der Waals surface area contributed by atoms with Gasteiger partial charge in [0.25, 0.3) is 0 Å². The van der Waals surface area contributed by atoms with Gasteiger partial charge in [-0.25, -0.2) is 0 Å². The molecule has 0 aliphatic heterocycles. The number of rotatable bonds is 3. The Morgan fingerprint density at radius 1 is 1.58 bits per heavy atom. The second kappa shape index (κ2) is 3.47. The smallest absolute Gasteiger partial charge is 0.332 e. The minimum atomic E-state index is -3.22. The molecule has 0 saturated heterocycles. The fourth-order valence-electron chi connectivity index (χ4n) is 0.694. The third-order valence-corrected chi connectivity index (χ3v) is 1.52. The summed E-state index contributed by atoms with van der Waals surface area (Å²) in [5, 5.41) is 3.38. The van der Waals surface area contributed by atoms with Crippen LogP contribution in [-0.2, 0) is 11.3 Å². The number of hydrogen-bond donors (Lipinski definition) is 0. The number of nitrogens with zero attached hydrogens (tertiary/aromatic N) is 2. The molecule has 0 atom stereocenters. The monoisotopic (exact) mass is 240 g/mol. The van der Waals surface area contributed by atoms with Gasteiger partial charge in [-0.2, -0.15) is 13.8 Å². The lowest BCUT2D eigenvalue weighted by Crippen LogP contribution is -2.02. The van der Waals surface area contributed by atoms with Crippen LogP contribution >= 0.6 is 15.9 Å². The number of alkyl halides is 3. The molecule has 1 aromatic heterocycles. The van der Waals surface area contributed by atoms with E-state index in [9.17, 15) is 8.78 Å². The first kappa shape index (κ1) is 9.57. The lowest BCUT2D eigenvalue weighted by molar-refractivity contribution is 0.0725. The van der Waals surface area contributed by atoms with Crippen LogP contribution in [0.25, 0.3) is 0 Å². The molecule has 0 aromatic carbocycles. The second-order valence-electron chi connectivity index (χ2n) is 2.26. The zero-order valence-corrected chi connectivity index (χ0v) is 7.94. The molecule has 0 aliphatic carbocycles. The maximum Gasteiger partial charge on any atom is 0.378 e. The fraction of sp³-hybridized carbons (Fsp3) is 0.667. The predicted octanol–water partition coefficient (Wildman–Crippen LogP) is 2.47. The Bertz CT molecular complexity index is 258. The minimum absolute atomic E-state index is 0.312. The molecule has 0 saturated carbocycles. The molecule has 1 heterocycles. The van der Waals surface area contributed by atoms with E-state index in [4.69, 9.17) is 0 Å². The molecule has 0 unspecified atom stereocenters. The molecule has 0 fully saturated rings.